The van der Waals surface area contributed by atoms with Gasteiger partial charge >= 0.3 is 0 Å². The van der Waals surface area contributed by atoms with Crippen molar-refractivity contribution in [2.75, 3.05) is 6.61 Å². The van der Waals surface area contributed by atoms with Crippen molar-refractivity contribution >= 4 is 27.2 Å². The summed E-state index contributed by atoms with van der Waals surface area (Å²) in [6.45, 7) is 2.87. The normalized spacial score (nSPS) is 32.6. The maximum Gasteiger partial charge on any atom is 0.284 e. The van der Waals surface area contributed by atoms with E-state index in [2.05, 4.69) is 16.0 Å². The molecular weight excluding hydrogens is 354 g/mol. The molecule has 0 spiro atoms. The topological polar surface area (TPSA) is 169 Å². The second-order valence-corrected chi connectivity index (χ2v) is 6.75. The third-order valence-corrected chi connectivity index (χ3v) is 4.32. The number of nitrogens with zero attached hydrogens (tertiary/aromatic N) is 1. The Morgan fingerprint density at radius 2 is 2.00 bits per heavy atom. The van der Waals surface area contributed by atoms with E-state index in [0.717, 1.165) is 0 Å². The van der Waals surface area contributed by atoms with E-state index in [1.807, 2.05) is 0 Å². The molecule has 5 unspecified atom stereocenters. The van der Waals surface area contributed by atoms with Crippen LogP contribution in [0.25, 0.3) is 0 Å². The molecule has 5 atom stereocenters. The molecule has 0 aromatic carbocycles. The van der Waals surface area contributed by atoms with Crippen LogP contribution in [0.2, 0.25) is 0 Å². The van der Waals surface area contributed by atoms with Gasteiger partial charge in [0, 0.05) is 6.42 Å². The third-order valence-electron chi connectivity index (χ3n) is 2.89. The van der Waals surface area contributed by atoms with Gasteiger partial charge in [0.2, 0.25) is 0 Å². The first-order valence-electron chi connectivity index (χ1n) is 6.49. The van der Waals surface area contributed by atoms with E-state index >= 15 is 0 Å². The summed E-state index contributed by atoms with van der Waals surface area (Å²) >= 11 is 0.699. The molecule has 134 valence electrons. The minimum atomic E-state index is -5.04. The van der Waals surface area contributed by atoms with Crippen LogP contribution in [-0.2, 0) is 19.4 Å². The molecular formula is C11H18NO9S2-. The smallest absolute Gasteiger partial charge is 0.284 e. The fourth-order valence-electron chi connectivity index (χ4n) is 1.74. The van der Waals surface area contributed by atoms with Crippen LogP contribution >= 0.6 is 11.8 Å². The number of aliphatic hydroxyl groups is 4. The molecule has 0 radical (unpaired) electrons. The van der Waals surface area contributed by atoms with E-state index in [0.29, 0.717) is 18.2 Å². The van der Waals surface area contributed by atoms with Crippen LogP contribution in [0.4, 0.5) is 0 Å². The highest BCUT2D eigenvalue weighted by atomic mass is 32.3. The lowest BCUT2D eigenvalue weighted by atomic mass is 10.0. The van der Waals surface area contributed by atoms with Gasteiger partial charge in [-0.1, -0.05) is 23.0 Å². The lowest BCUT2D eigenvalue weighted by molar-refractivity contribution is -0.205. The van der Waals surface area contributed by atoms with E-state index in [-0.39, 0.29) is 11.5 Å². The summed E-state index contributed by atoms with van der Waals surface area (Å²) in [4.78, 5) is 0. The van der Waals surface area contributed by atoms with Crippen molar-refractivity contribution in [3.05, 3.63) is 12.7 Å². The Balaban J connectivity index is 2.86. The molecule has 23 heavy (non-hydrogen) atoms. The van der Waals surface area contributed by atoms with Crippen molar-refractivity contribution in [3.8, 4) is 0 Å². The first-order chi connectivity index (χ1) is 10.7. The first-order valence-corrected chi connectivity index (χ1v) is 8.70. The average Bonchev–Trinajstić information content (AvgIpc) is 2.49. The highest BCUT2D eigenvalue weighted by molar-refractivity contribution is 8.14. The number of aliphatic hydroxyl groups excluding tert-OH is 4. The molecule has 0 saturated carbocycles. The fourth-order valence-corrected chi connectivity index (χ4v) is 3.05. The number of hydrogen-bond acceptors (Lipinski definition) is 11. The van der Waals surface area contributed by atoms with E-state index in [4.69, 9.17) is 9.84 Å². The predicted octanol–water partition coefficient (Wildman–Crippen LogP) is -1.72. The van der Waals surface area contributed by atoms with Crippen LogP contribution in [0.5, 0.6) is 0 Å². The lowest BCUT2D eigenvalue weighted by Crippen LogP contribution is -2.57. The van der Waals surface area contributed by atoms with Crippen molar-refractivity contribution in [1.82, 2.24) is 0 Å². The summed E-state index contributed by atoms with van der Waals surface area (Å²) in [5.41, 5.74) is -1.16. The van der Waals surface area contributed by atoms with Gasteiger partial charge in [-0.15, -0.1) is 6.58 Å². The maximum atomic E-state index is 10.5. The predicted molar refractivity (Wildman–Crippen MR) is 79.0 cm³/mol. The van der Waals surface area contributed by atoms with E-state index in [9.17, 15) is 28.3 Å². The van der Waals surface area contributed by atoms with Crippen LogP contribution in [0.15, 0.2) is 17.8 Å². The molecule has 0 aromatic rings. The Morgan fingerprint density at radius 3 is 2.52 bits per heavy atom. The Kier molecular flexibility index (Phi) is 7.89. The summed E-state index contributed by atoms with van der Waals surface area (Å²) in [5, 5.41) is 41.5. The quantitative estimate of drug-likeness (QED) is 0.101. The molecule has 1 rings (SSSR count). The second-order valence-electron chi connectivity index (χ2n) is 4.61. The number of hydrogen-bond donors (Lipinski definition) is 4. The van der Waals surface area contributed by atoms with Crippen LogP contribution in [0.1, 0.15) is 12.8 Å². The minimum Gasteiger partial charge on any atom is -0.714 e. The molecule has 0 amide bonds. The number of ether oxygens (including phenoxy) is 1. The Hall–Kier alpha value is -0.730. The molecule has 1 aliphatic heterocycles. The van der Waals surface area contributed by atoms with Crippen molar-refractivity contribution < 1.29 is 42.4 Å². The summed E-state index contributed by atoms with van der Waals surface area (Å²) < 4.78 is 40.4. The van der Waals surface area contributed by atoms with Gasteiger partial charge in [0.1, 0.15) is 34.9 Å². The molecule has 0 aromatic heterocycles. The van der Waals surface area contributed by atoms with Gasteiger partial charge < -0.3 is 29.7 Å². The number of thioether (sulfide) groups is 1. The zero-order chi connectivity index (χ0) is 17.6. The Bertz CT molecular complexity index is 522. The lowest BCUT2D eigenvalue weighted by Gasteiger charge is -2.39. The summed E-state index contributed by atoms with van der Waals surface area (Å²) in [6, 6.07) is 0. The van der Waals surface area contributed by atoms with Crippen LogP contribution < -0.4 is 0 Å². The zero-order valence-corrected chi connectivity index (χ0v) is 13.5. The number of oxime groups is 1. The first kappa shape index (κ1) is 20.3. The molecule has 12 heteroatoms. The van der Waals surface area contributed by atoms with Crippen molar-refractivity contribution in [1.29, 1.82) is 0 Å². The van der Waals surface area contributed by atoms with Gasteiger partial charge in [-0.25, -0.2) is 0 Å². The summed E-state index contributed by atoms with van der Waals surface area (Å²) in [5.74, 6) is 0. The molecule has 1 saturated heterocycles. The van der Waals surface area contributed by atoms with Gasteiger partial charge in [0.15, 0.2) is 0 Å². The van der Waals surface area contributed by atoms with Crippen LogP contribution in [0, 0.1) is 0 Å². The molecule has 1 aliphatic rings. The zero-order valence-electron chi connectivity index (χ0n) is 11.9. The molecule has 4 N–H and O–H groups in total. The monoisotopic (exact) mass is 372 g/mol. The van der Waals surface area contributed by atoms with E-state index < -0.39 is 46.9 Å². The molecule has 1 fully saturated rings. The number of rotatable bonds is 7. The van der Waals surface area contributed by atoms with Crippen molar-refractivity contribution in [3.63, 3.8) is 0 Å². The van der Waals surface area contributed by atoms with Crippen LogP contribution in [0.3, 0.4) is 0 Å². The maximum absolute atomic E-state index is 10.5. The molecule has 0 aliphatic carbocycles. The minimum absolute atomic E-state index is 0.00588. The van der Waals surface area contributed by atoms with Gasteiger partial charge in [0.05, 0.1) is 6.61 Å². The number of allylic oxidation sites excluding steroid dienone is 1. The van der Waals surface area contributed by atoms with Gasteiger partial charge in [0.25, 0.3) is 10.4 Å². The fraction of sp³-hybridized carbons (Fsp3) is 0.727. The Morgan fingerprint density at radius 1 is 1.35 bits per heavy atom. The SMILES string of the molecule is C=CCCC(=NOS(=O)(=O)[O-])SC1OC(CO)C(O)C(O)C1O. The van der Waals surface area contributed by atoms with Gasteiger partial charge in [-0.3, -0.25) is 4.28 Å². The van der Waals surface area contributed by atoms with E-state index in [1.54, 1.807) is 0 Å². The van der Waals surface area contributed by atoms with Crippen molar-refractivity contribution in [2.24, 2.45) is 5.16 Å². The summed E-state index contributed by atoms with van der Waals surface area (Å²) in [7, 11) is -5.04. The Labute approximate surface area is 137 Å². The largest absolute Gasteiger partial charge is 0.714 e. The van der Waals surface area contributed by atoms with E-state index in [1.165, 1.54) is 6.08 Å². The highest BCUT2D eigenvalue weighted by Gasteiger charge is 2.44. The van der Waals surface area contributed by atoms with Gasteiger partial charge in [-0.05, 0) is 6.42 Å². The molecule has 1 heterocycles. The standard InChI is InChI=1S/C11H19NO9S2/c1-2-3-4-7(12-21-23(17,18)19)22-11-10(16)9(15)8(14)6(5-13)20-11/h2,6,8-11,13-16H,1,3-5H2,(H,17,18,19)/p-1. The van der Waals surface area contributed by atoms with Gasteiger partial charge in [-0.2, -0.15) is 8.42 Å². The average molecular weight is 372 g/mol. The molecule has 0 bridgehead atoms. The third kappa shape index (κ3) is 6.35. The highest BCUT2D eigenvalue weighted by Crippen LogP contribution is 2.30. The van der Waals surface area contributed by atoms with Crippen molar-refractivity contribution in [2.45, 2.75) is 42.7 Å². The second kappa shape index (κ2) is 8.94. The summed E-state index contributed by atoms with van der Waals surface area (Å²) in [6.07, 6.45) is -3.73. The van der Waals surface area contributed by atoms with Crippen LogP contribution in [-0.4, -0.2) is 74.9 Å². The molecule has 10 nitrogen and oxygen atoms in total.